The quantitative estimate of drug-likeness (QED) is 0.430. The minimum atomic E-state index is -0.157. The van der Waals surface area contributed by atoms with Crippen LogP contribution in [0.3, 0.4) is 0 Å². The fraction of sp³-hybridized carbons (Fsp3) is 0.700. The standard InChI is InChI=1S/C10H16N2O3.Ra.Rb.H/c13-8-4-2-1-3-5-9(14)12-7-10(15)11-6-8;;;/h1-7H2,(H2,11,12,14,15);;;/q;2*+1;/p-2. The van der Waals surface area contributed by atoms with Gasteiger partial charge in [-0.15, -0.1) is 0 Å². The minimum absolute atomic E-state index is 0.0267. The molecule has 86 valence electrons. The first-order chi connectivity index (χ1) is 8.00. The molecular weight excluding hydrogens is 508 g/mol. The van der Waals surface area contributed by atoms with Crippen molar-refractivity contribution in [3.63, 3.8) is 0 Å². The molecule has 1 aliphatic rings. The number of ketones is 1. The summed E-state index contributed by atoms with van der Waals surface area (Å²) in [6.07, 6.45) is 3.70. The molecule has 1 saturated heterocycles. The molecule has 0 bridgehead atoms. The van der Waals surface area contributed by atoms with Crippen molar-refractivity contribution in [3.05, 3.63) is 0 Å². The third-order valence-electron chi connectivity index (χ3n) is 2.98. The second kappa shape index (κ2) is 8.94. The summed E-state index contributed by atoms with van der Waals surface area (Å²) in [4.78, 5) is 35.1. The molecule has 0 radical (unpaired) electrons. The third-order valence-corrected chi connectivity index (χ3v) is 8.34. The zero-order valence-electron chi connectivity index (χ0n) is 10.6. The maximum atomic E-state index is 11.8. The molecule has 0 aromatic heterocycles. The summed E-state index contributed by atoms with van der Waals surface area (Å²) in [6.45, 7) is 0.488. The van der Waals surface area contributed by atoms with Gasteiger partial charge in [-0.05, 0) is 0 Å². The average Bonchev–Trinajstić information content (AvgIpc) is 2.26. The van der Waals surface area contributed by atoms with Crippen LogP contribution < -0.4 is 0 Å². The van der Waals surface area contributed by atoms with Crippen LogP contribution in [0.1, 0.15) is 32.1 Å². The third kappa shape index (κ3) is 6.73. The first kappa shape index (κ1) is 16.9. The van der Waals surface area contributed by atoms with Gasteiger partial charge in [0.05, 0.1) is 0 Å². The molecule has 1 heterocycles. The number of Topliss-reactive ketones (excluding diaryl/α,β-unsaturated/α-hetero) is 1. The molecule has 7 heteroatoms. The summed E-state index contributed by atoms with van der Waals surface area (Å²) in [7, 11) is 0. The molecule has 2 amide bonds. The number of carbonyl (C=O) groups is 3. The Hall–Kier alpha value is 1.88. The normalized spacial score (nSPS) is 21.1. The van der Waals surface area contributed by atoms with Crippen LogP contribution >= 0.6 is 0 Å². The number of nitrogens with zero attached hydrogens (tertiary/aromatic N) is 2. The van der Waals surface area contributed by atoms with E-state index in [1.165, 1.54) is 0 Å². The van der Waals surface area contributed by atoms with Gasteiger partial charge in [-0.1, -0.05) is 0 Å². The molecular formula is C10H15N2O3RaRb. The summed E-state index contributed by atoms with van der Waals surface area (Å²) >= 11 is -0.130. The van der Waals surface area contributed by atoms with Crippen LogP contribution in [0.4, 0.5) is 0 Å². The number of hydrogen-bond donors (Lipinski definition) is 0. The van der Waals surface area contributed by atoms with Crippen LogP contribution in [0.5, 0.6) is 0 Å². The number of amides is 2. The second-order valence-corrected chi connectivity index (χ2v) is 11.7. The van der Waals surface area contributed by atoms with Gasteiger partial charge in [-0.2, -0.15) is 0 Å². The topological polar surface area (TPSA) is 57.7 Å². The molecule has 0 aromatic carbocycles. The Morgan fingerprint density at radius 1 is 0.941 bits per heavy atom. The van der Waals surface area contributed by atoms with E-state index in [4.69, 9.17) is 0 Å². The van der Waals surface area contributed by atoms with Crippen LogP contribution in [-0.2, 0) is 14.4 Å². The van der Waals surface area contributed by atoms with Gasteiger partial charge in [0.2, 0.25) is 0 Å². The zero-order chi connectivity index (χ0) is 12.8. The van der Waals surface area contributed by atoms with E-state index in [2.05, 4.69) is 0 Å². The fourth-order valence-corrected chi connectivity index (χ4v) is 5.05. The van der Waals surface area contributed by atoms with E-state index >= 15 is 0 Å². The van der Waals surface area contributed by atoms with Gasteiger partial charge in [0.1, 0.15) is 0 Å². The van der Waals surface area contributed by atoms with Crippen molar-refractivity contribution >= 4 is 73.6 Å². The van der Waals surface area contributed by atoms with Crippen LogP contribution in [-0.4, -0.2) is 85.8 Å². The fourth-order valence-electron chi connectivity index (χ4n) is 1.81. The van der Waals surface area contributed by atoms with E-state index in [0.717, 1.165) is 19.3 Å². The van der Waals surface area contributed by atoms with Crippen LogP contribution in [0, 0.1) is 43.2 Å². The van der Waals surface area contributed by atoms with Crippen LogP contribution in [0.25, 0.3) is 0 Å². The first-order valence-electron chi connectivity index (χ1n) is 6.00. The van der Waals surface area contributed by atoms with Crippen LogP contribution in [0.15, 0.2) is 0 Å². The van der Waals surface area contributed by atoms with Crippen molar-refractivity contribution in [2.24, 2.45) is 0 Å². The Morgan fingerprint density at radius 2 is 1.59 bits per heavy atom. The molecule has 1 aliphatic heterocycles. The van der Waals surface area contributed by atoms with E-state index in [0.29, 0.717) is 12.8 Å². The van der Waals surface area contributed by atoms with Crippen molar-refractivity contribution in [2.75, 3.05) is 13.1 Å². The van der Waals surface area contributed by atoms with E-state index in [1.54, 1.807) is -0.925 Å². The molecule has 0 aliphatic carbocycles. The molecule has 0 saturated carbocycles. The predicted octanol–water partition coefficient (Wildman–Crippen LogP) is -0.543. The van der Waals surface area contributed by atoms with Gasteiger partial charge in [-0.3, -0.25) is 0 Å². The Bertz CT molecular complexity index is 325. The molecule has 0 unspecified atom stereocenters. The van der Waals surface area contributed by atoms with Crippen molar-refractivity contribution in [1.29, 1.82) is 0 Å². The van der Waals surface area contributed by atoms with Crippen molar-refractivity contribution in [3.8, 4) is 0 Å². The molecule has 1 rings (SSSR count). The maximum absolute atomic E-state index is 11.8. The molecule has 0 aromatic rings. The van der Waals surface area contributed by atoms with Gasteiger partial charge in [0.15, 0.2) is 0 Å². The Morgan fingerprint density at radius 3 is 2.29 bits per heavy atom. The van der Waals surface area contributed by atoms with Gasteiger partial charge < -0.3 is 0 Å². The Kier molecular flexibility index (Phi) is 8.90. The van der Waals surface area contributed by atoms with E-state index in [9.17, 15) is 14.4 Å². The number of hydrogen-bond acceptors (Lipinski definition) is 3. The second-order valence-electron chi connectivity index (χ2n) is 4.60. The van der Waals surface area contributed by atoms with Crippen molar-refractivity contribution in [1.82, 2.24) is -0.925 Å². The molecule has 0 spiro atoms. The van der Waals surface area contributed by atoms with Gasteiger partial charge >= 0.3 is 175 Å². The first-order valence-corrected chi connectivity index (χ1v) is 11.9. The van der Waals surface area contributed by atoms with Crippen molar-refractivity contribution < 1.29 is 57.6 Å². The van der Waals surface area contributed by atoms with E-state index in [1.807, 2.05) is 0 Å². The molecule has 0 atom stereocenters. The molecule has 17 heavy (non-hydrogen) atoms. The predicted molar refractivity (Wildman–Crippen MR) is 58.7 cm³/mol. The van der Waals surface area contributed by atoms with Gasteiger partial charge in [0.25, 0.3) is 0 Å². The van der Waals surface area contributed by atoms with Crippen LogP contribution in [0.2, 0.25) is 0 Å². The summed E-state index contributed by atoms with van der Waals surface area (Å²) < 4.78 is 3.34. The summed E-state index contributed by atoms with van der Waals surface area (Å²) in [5.74, 6) is 0.254. The average molecular weight is 523 g/mol. The number of rotatable bonds is 0. The summed E-state index contributed by atoms with van der Waals surface area (Å²) in [5.41, 5.74) is 0. The van der Waals surface area contributed by atoms with Gasteiger partial charge in [-0.25, -0.2) is 0 Å². The van der Waals surface area contributed by atoms with Crippen molar-refractivity contribution in [2.45, 2.75) is 32.1 Å². The monoisotopic (exact) mass is 522 g/mol. The summed E-state index contributed by atoms with van der Waals surface area (Å²) in [5, 5.41) is 0. The summed E-state index contributed by atoms with van der Waals surface area (Å²) in [6, 6.07) is 0. The number of carbonyl (C=O) groups excluding carboxylic acids is 3. The Balaban J connectivity index is 2.64. The van der Waals surface area contributed by atoms with Gasteiger partial charge in [0, 0.05) is 0 Å². The van der Waals surface area contributed by atoms with E-state index in [-0.39, 0.29) is 130 Å². The SMILES string of the molecule is O=C1CCCCCC(=O)[N]([Rb])CC(=O)[N]([RaH])C1. The molecule has 0 N–H and O–H groups in total. The molecule has 5 nitrogen and oxygen atoms in total. The zero-order valence-corrected chi connectivity index (χ0v) is 23.7. The Labute approximate surface area is 171 Å². The molecule has 1 fully saturated rings. The van der Waals surface area contributed by atoms with E-state index < -0.39 is 0 Å².